The first-order chi connectivity index (χ1) is 14.9. The molecule has 0 aliphatic rings. The van der Waals surface area contributed by atoms with E-state index in [-0.39, 0.29) is 41.6 Å². The molecule has 4 nitrogen and oxygen atoms in total. The molecule has 1 N–H and O–H groups in total. The summed E-state index contributed by atoms with van der Waals surface area (Å²) in [7, 11) is -0.335. The SMILES string of the molecule is CC/C=C\C(C)[C@H](OCc1ccc(OC)cc1)[C@@H](C)[C@H](O[Si](C)(C)C(C)(C)C)[C@@H](C)CO. The molecule has 0 heterocycles. The Labute approximate surface area is 198 Å². The number of methoxy groups -OCH3 is 1. The molecule has 0 spiro atoms. The minimum atomic E-state index is -2.01. The van der Waals surface area contributed by atoms with Crippen molar-refractivity contribution in [3.63, 3.8) is 0 Å². The van der Waals surface area contributed by atoms with Crippen LogP contribution >= 0.6 is 0 Å². The molecule has 0 aromatic heterocycles. The zero-order valence-electron chi connectivity index (χ0n) is 22.1. The molecule has 0 radical (unpaired) electrons. The molecule has 1 unspecified atom stereocenters. The molecule has 1 aromatic rings. The number of ether oxygens (including phenoxy) is 2. The van der Waals surface area contributed by atoms with Gasteiger partial charge in [-0.3, -0.25) is 0 Å². The fraction of sp³-hybridized carbons (Fsp3) is 0.704. The summed E-state index contributed by atoms with van der Waals surface area (Å²) >= 11 is 0. The topological polar surface area (TPSA) is 47.9 Å². The van der Waals surface area contributed by atoms with Crippen LogP contribution in [0.4, 0.5) is 0 Å². The average molecular weight is 465 g/mol. The molecule has 184 valence electrons. The van der Waals surface area contributed by atoms with Crippen molar-refractivity contribution in [3.8, 4) is 5.75 Å². The first-order valence-electron chi connectivity index (χ1n) is 12.1. The van der Waals surface area contributed by atoms with Crippen LogP contribution in [0.5, 0.6) is 5.75 Å². The molecule has 5 heteroatoms. The van der Waals surface area contributed by atoms with Crippen LogP contribution in [-0.4, -0.2) is 39.3 Å². The lowest BCUT2D eigenvalue weighted by molar-refractivity contribution is -0.0695. The third-order valence-electron chi connectivity index (χ3n) is 6.92. The van der Waals surface area contributed by atoms with Gasteiger partial charge < -0.3 is 19.0 Å². The molecule has 5 atom stereocenters. The van der Waals surface area contributed by atoms with Crippen molar-refractivity contribution >= 4 is 8.32 Å². The maximum Gasteiger partial charge on any atom is 0.192 e. The van der Waals surface area contributed by atoms with Crippen LogP contribution in [0.25, 0.3) is 0 Å². The van der Waals surface area contributed by atoms with Gasteiger partial charge in [0.05, 0.1) is 25.9 Å². The molecule has 0 saturated carbocycles. The van der Waals surface area contributed by atoms with Gasteiger partial charge in [0.15, 0.2) is 8.32 Å². The molecular weight excluding hydrogens is 416 g/mol. The maximum absolute atomic E-state index is 10.0. The maximum atomic E-state index is 10.0. The van der Waals surface area contributed by atoms with Crippen molar-refractivity contribution in [1.82, 2.24) is 0 Å². The summed E-state index contributed by atoms with van der Waals surface area (Å²) < 4.78 is 18.7. The van der Waals surface area contributed by atoms with E-state index in [1.165, 1.54) is 0 Å². The van der Waals surface area contributed by atoms with Gasteiger partial charge in [0.2, 0.25) is 0 Å². The van der Waals surface area contributed by atoms with E-state index >= 15 is 0 Å². The second kappa shape index (κ2) is 12.9. The Morgan fingerprint density at radius 1 is 1.03 bits per heavy atom. The van der Waals surface area contributed by atoms with Crippen molar-refractivity contribution in [2.24, 2.45) is 17.8 Å². The summed E-state index contributed by atoms with van der Waals surface area (Å²) in [6, 6.07) is 8.03. The average Bonchev–Trinajstić information content (AvgIpc) is 2.75. The fourth-order valence-corrected chi connectivity index (χ4v) is 5.19. The zero-order chi connectivity index (χ0) is 24.5. The number of aliphatic hydroxyl groups excluding tert-OH is 1. The Balaban J connectivity index is 3.16. The fourth-order valence-electron chi connectivity index (χ4n) is 3.71. The molecule has 0 bridgehead atoms. The van der Waals surface area contributed by atoms with Gasteiger partial charge >= 0.3 is 0 Å². The van der Waals surface area contributed by atoms with Crippen LogP contribution in [0, 0.1) is 17.8 Å². The van der Waals surface area contributed by atoms with Gasteiger partial charge in [-0.05, 0) is 42.2 Å². The van der Waals surface area contributed by atoms with Gasteiger partial charge in [-0.15, -0.1) is 0 Å². The first kappa shape index (κ1) is 28.9. The number of hydrogen-bond acceptors (Lipinski definition) is 4. The molecule has 0 aliphatic carbocycles. The minimum Gasteiger partial charge on any atom is -0.497 e. The molecule has 32 heavy (non-hydrogen) atoms. The van der Waals surface area contributed by atoms with Crippen LogP contribution in [-0.2, 0) is 15.8 Å². The Hall–Kier alpha value is -1.14. The van der Waals surface area contributed by atoms with Gasteiger partial charge in [-0.2, -0.15) is 0 Å². The van der Waals surface area contributed by atoms with Gasteiger partial charge in [-0.25, -0.2) is 0 Å². The largest absolute Gasteiger partial charge is 0.497 e. The van der Waals surface area contributed by atoms with Crippen molar-refractivity contribution in [3.05, 3.63) is 42.0 Å². The lowest BCUT2D eigenvalue weighted by atomic mass is 9.84. The Kier molecular flexibility index (Phi) is 11.7. The van der Waals surface area contributed by atoms with Crippen LogP contribution in [0.1, 0.15) is 60.5 Å². The lowest BCUT2D eigenvalue weighted by Gasteiger charge is -2.44. The summed E-state index contributed by atoms with van der Waals surface area (Å²) in [6.45, 7) is 20.6. The van der Waals surface area contributed by atoms with Crippen LogP contribution in [0.15, 0.2) is 36.4 Å². The molecule has 0 saturated heterocycles. The van der Waals surface area contributed by atoms with E-state index in [0.717, 1.165) is 17.7 Å². The molecule has 0 amide bonds. The quantitative estimate of drug-likeness (QED) is 0.256. The van der Waals surface area contributed by atoms with Crippen LogP contribution < -0.4 is 4.74 Å². The van der Waals surface area contributed by atoms with Crippen LogP contribution in [0.3, 0.4) is 0 Å². The lowest BCUT2D eigenvalue weighted by Crippen LogP contribution is -2.50. The highest BCUT2D eigenvalue weighted by Crippen LogP contribution is 2.40. The molecule has 0 aliphatic heterocycles. The summed E-state index contributed by atoms with van der Waals surface area (Å²) in [5.41, 5.74) is 1.12. The zero-order valence-corrected chi connectivity index (χ0v) is 23.1. The highest BCUT2D eigenvalue weighted by Gasteiger charge is 2.43. The highest BCUT2D eigenvalue weighted by atomic mass is 28.4. The monoisotopic (exact) mass is 464 g/mol. The van der Waals surface area contributed by atoms with Gasteiger partial charge in [-0.1, -0.05) is 72.8 Å². The van der Waals surface area contributed by atoms with Crippen molar-refractivity contribution in [2.75, 3.05) is 13.7 Å². The Morgan fingerprint density at radius 2 is 1.62 bits per heavy atom. The Bertz CT molecular complexity index is 678. The smallest absolute Gasteiger partial charge is 0.192 e. The number of benzene rings is 1. The standard InChI is InChI=1S/C27H48O4Si/c1-11-12-13-20(2)25(30-19-23-14-16-24(29-8)17-15-23)22(4)26(21(3)18-28)31-32(9,10)27(5,6)7/h12-17,20-22,25-26,28H,11,18-19H2,1-10H3/b13-12-/t20?,21-,22+,25-,26+/m0/s1. The van der Waals surface area contributed by atoms with E-state index < -0.39 is 8.32 Å². The third-order valence-corrected chi connectivity index (χ3v) is 11.4. The normalized spacial score (nSPS) is 17.7. The summed E-state index contributed by atoms with van der Waals surface area (Å²) in [6.07, 6.45) is 5.37. The predicted octanol–water partition coefficient (Wildman–Crippen LogP) is 6.84. The summed E-state index contributed by atoms with van der Waals surface area (Å²) in [5.74, 6) is 1.24. The van der Waals surface area contributed by atoms with E-state index in [4.69, 9.17) is 13.9 Å². The molecule has 1 aromatic carbocycles. The van der Waals surface area contributed by atoms with Crippen LogP contribution in [0.2, 0.25) is 18.1 Å². The van der Waals surface area contributed by atoms with Gasteiger partial charge in [0.1, 0.15) is 5.75 Å². The highest BCUT2D eigenvalue weighted by molar-refractivity contribution is 6.74. The molecule has 1 rings (SSSR count). The van der Waals surface area contributed by atoms with E-state index in [2.05, 4.69) is 73.7 Å². The molecular formula is C27H48O4Si. The number of aliphatic hydroxyl groups is 1. The van der Waals surface area contributed by atoms with Gasteiger partial charge in [0, 0.05) is 24.4 Å². The second-order valence-electron chi connectivity index (χ2n) is 10.7. The van der Waals surface area contributed by atoms with E-state index in [1.54, 1.807) is 7.11 Å². The van der Waals surface area contributed by atoms with E-state index in [9.17, 15) is 5.11 Å². The van der Waals surface area contributed by atoms with Crippen molar-refractivity contribution in [2.45, 2.75) is 91.8 Å². The van der Waals surface area contributed by atoms with Gasteiger partial charge in [0.25, 0.3) is 0 Å². The van der Waals surface area contributed by atoms with Crippen molar-refractivity contribution in [1.29, 1.82) is 0 Å². The number of allylic oxidation sites excluding steroid dienone is 1. The Morgan fingerprint density at radius 3 is 2.09 bits per heavy atom. The molecule has 0 fully saturated rings. The minimum absolute atomic E-state index is 0.0244. The van der Waals surface area contributed by atoms with E-state index in [1.807, 2.05) is 24.3 Å². The van der Waals surface area contributed by atoms with Crippen molar-refractivity contribution < 1.29 is 19.0 Å². The second-order valence-corrected chi connectivity index (χ2v) is 15.4. The first-order valence-corrected chi connectivity index (χ1v) is 15.0. The third kappa shape index (κ3) is 8.33. The van der Waals surface area contributed by atoms with E-state index in [0.29, 0.717) is 6.61 Å². The number of hydrogen-bond donors (Lipinski definition) is 1. The number of rotatable bonds is 13. The summed E-state index contributed by atoms with van der Waals surface area (Å²) in [4.78, 5) is 0. The summed E-state index contributed by atoms with van der Waals surface area (Å²) in [5, 5.41) is 10.1. The predicted molar refractivity (Wildman–Crippen MR) is 138 cm³/mol.